The van der Waals surface area contributed by atoms with E-state index in [2.05, 4.69) is 37.1 Å². The predicted molar refractivity (Wildman–Crippen MR) is 85.4 cm³/mol. The first-order valence-electron chi connectivity index (χ1n) is 8.35. The summed E-state index contributed by atoms with van der Waals surface area (Å²) in [5, 5.41) is 3.33. The third-order valence-corrected chi connectivity index (χ3v) is 4.01. The Labute approximate surface area is 128 Å². The lowest BCUT2D eigenvalue weighted by atomic mass is 10.1. The fourth-order valence-electron chi connectivity index (χ4n) is 2.88. The van der Waals surface area contributed by atoms with Crippen LogP contribution in [-0.2, 0) is 17.8 Å². The van der Waals surface area contributed by atoms with E-state index in [-0.39, 0.29) is 0 Å². The van der Waals surface area contributed by atoms with E-state index in [1.807, 2.05) is 0 Å². The Morgan fingerprint density at radius 3 is 3.05 bits per heavy atom. The minimum absolute atomic E-state index is 0.399. The summed E-state index contributed by atoms with van der Waals surface area (Å²) in [6, 6.07) is 2.18. The second-order valence-corrected chi connectivity index (χ2v) is 5.97. The summed E-state index contributed by atoms with van der Waals surface area (Å²) in [5.41, 5.74) is 1.25. The zero-order valence-corrected chi connectivity index (χ0v) is 13.8. The average Bonchev–Trinajstić information content (AvgIpc) is 2.83. The number of nitrogens with one attached hydrogen (secondary N) is 1. The number of rotatable bonds is 8. The molecule has 0 amide bonds. The van der Waals surface area contributed by atoms with E-state index in [4.69, 9.17) is 9.15 Å². The van der Waals surface area contributed by atoms with Crippen LogP contribution >= 0.6 is 0 Å². The smallest absolute Gasteiger partial charge is 0.120 e. The van der Waals surface area contributed by atoms with Crippen LogP contribution in [0.15, 0.2) is 10.5 Å². The summed E-state index contributed by atoms with van der Waals surface area (Å²) in [6.07, 6.45) is 3.91. The van der Waals surface area contributed by atoms with Crippen molar-refractivity contribution in [2.24, 2.45) is 0 Å². The number of furan rings is 1. The number of aryl methyl sites for hydroxylation is 1. The summed E-state index contributed by atoms with van der Waals surface area (Å²) in [7, 11) is 0. The SMILES string of the molecule is CCCOC1CCCN(Cc2cc(C)c(CNCC)o2)C1. The molecular formula is C17H30N2O2. The fraction of sp³-hybridized carbons (Fsp3) is 0.765. The van der Waals surface area contributed by atoms with Crippen LogP contribution in [0.4, 0.5) is 0 Å². The molecule has 1 fully saturated rings. The van der Waals surface area contributed by atoms with Gasteiger partial charge >= 0.3 is 0 Å². The van der Waals surface area contributed by atoms with E-state index in [9.17, 15) is 0 Å². The molecule has 1 unspecified atom stereocenters. The highest BCUT2D eigenvalue weighted by atomic mass is 16.5. The summed E-state index contributed by atoms with van der Waals surface area (Å²) < 4.78 is 11.9. The highest BCUT2D eigenvalue weighted by molar-refractivity contribution is 5.20. The van der Waals surface area contributed by atoms with Gasteiger partial charge in [0.15, 0.2) is 0 Å². The minimum Gasteiger partial charge on any atom is -0.463 e. The van der Waals surface area contributed by atoms with Crippen LogP contribution in [0.25, 0.3) is 0 Å². The Kier molecular flexibility index (Phi) is 6.74. The zero-order valence-electron chi connectivity index (χ0n) is 13.8. The first kappa shape index (κ1) is 16.5. The second-order valence-electron chi connectivity index (χ2n) is 5.97. The number of piperidine rings is 1. The number of nitrogens with zero attached hydrogens (tertiary/aromatic N) is 1. The molecule has 2 heterocycles. The minimum atomic E-state index is 0.399. The monoisotopic (exact) mass is 294 g/mol. The Balaban J connectivity index is 1.85. The van der Waals surface area contributed by atoms with Crippen molar-refractivity contribution in [2.45, 2.75) is 59.2 Å². The number of hydrogen-bond acceptors (Lipinski definition) is 4. The van der Waals surface area contributed by atoms with Gasteiger partial charge in [-0.3, -0.25) is 4.90 Å². The summed E-state index contributed by atoms with van der Waals surface area (Å²) in [6.45, 7) is 12.2. The summed E-state index contributed by atoms with van der Waals surface area (Å²) >= 11 is 0. The lowest BCUT2D eigenvalue weighted by molar-refractivity contribution is -0.00380. The first-order chi connectivity index (χ1) is 10.2. The maximum absolute atomic E-state index is 5.99. The van der Waals surface area contributed by atoms with Crippen LogP contribution in [0.3, 0.4) is 0 Å². The van der Waals surface area contributed by atoms with Gasteiger partial charge in [-0.2, -0.15) is 0 Å². The number of hydrogen-bond donors (Lipinski definition) is 1. The molecule has 1 aliphatic heterocycles. The molecule has 0 saturated carbocycles. The molecular weight excluding hydrogens is 264 g/mol. The third-order valence-electron chi connectivity index (χ3n) is 4.01. The van der Waals surface area contributed by atoms with E-state index in [0.717, 1.165) is 57.3 Å². The molecule has 1 saturated heterocycles. The predicted octanol–water partition coefficient (Wildman–Crippen LogP) is 3.09. The number of ether oxygens (including phenoxy) is 1. The van der Waals surface area contributed by atoms with E-state index in [1.165, 1.54) is 18.4 Å². The van der Waals surface area contributed by atoms with Crippen molar-refractivity contribution >= 4 is 0 Å². The molecule has 4 nitrogen and oxygen atoms in total. The Hall–Kier alpha value is -0.840. The molecule has 21 heavy (non-hydrogen) atoms. The normalized spacial score (nSPS) is 20.0. The van der Waals surface area contributed by atoms with E-state index < -0.39 is 0 Å². The van der Waals surface area contributed by atoms with Crippen molar-refractivity contribution in [1.82, 2.24) is 10.2 Å². The highest BCUT2D eigenvalue weighted by Gasteiger charge is 2.21. The van der Waals surface area contributed by atoms with Gasteiger partial charge in [-0.1, -0.05) is 13.8 Å². The molecule has 0 bridgehead atoms. The Morgan fingerprint density at radius 1 is 1.43 bits per heavy atom. The number of likely N-dealkylation sites (tertiary alicyclic amines) is 1. The zero-order chi connectivity index (χ0) is 15.1. The van der Waals surface area contributed by atoms with Crippen LogP contribution in [0.5, 0.6) is 0 Å². The molecule has 1 aliphatic rings. The van der Waals surface area contributed by atoms with Gasteiger partial charge in [-0.25, -0.2) is 0 Å². The van der Waals surface area contributed by atoms with Crippen molar-refractivity contribution in [1.29, 1.82) is 0 Å². The maximum atomic E-state index is 5.99. The van der Waals surface area contributed by atoms with Crippen molar-refractivity contribution in [3.63, 3.8) is 0 Å². The van der Waals surface area contributed by atoms with Crippen molar-refractivity contribution in [3.8, 4) is 0 Å². The van der Waals surface area contributed by atoms with Crippen LogP contribution < -0.4 is 5.32 Å². The fourth-order valence-corrected chi connectivity index (χ4v) is 2.88. The molecule has 1 atom stereocenters. The molecule has 120 valence electrons. The van der Waals surface area contributed by atoms with Crippen molar-refractivity contribution < 1.29 is 9.15 Å². The standard InChI is InChI=1S/C17H30N2O2/c1-4-9-20-15-7-6-8-19(12-15)13-16-10-14(3)17(21-16)11-18-5-2/h10,15,18H,4-9,11-13H2,1-3H3. The molecule has 4 heteroatoms. The van der Waals surface area contributed by atoms with Gasteiger partial charge in [-0.15, -0.1) is 0 Å². The van der Waals surface area contributed by atoms with Crippen LogP contribution in [0, 0.1) is 6.92 Å². The Morgan fingerprint density at radius 2 is 2.29 bits per heavy atom. The summed E-state index contributed by atoms with van der Waals surface area (Å²) in [4.78, 5) is 2.46. The van der Waals surface area contributed by atoms with Crippen LogP contribution in [0.1, 0.15) is 50.2 Å². The largest absolute Gasteiger partial charge is 0.463 e. The van der Waals surface area contributed by atoms with Crippen LogP contribution in [-0.4, -0.2) is 37.2 Å². The molecule has 0 radical (unpaired) electrons. The molecule has 0 aromatic carbocycles. The molecule has 1 N–H and O–H groups in total. The molecule has 2 rings (SSSR count). The Bertz CT molecular complexity index is 417. The quantitative estimate of drug-likeness (QED) is 0.799. The highest BCUT2D eigenvalue weighted by Crippen LogP contribution is 2.20. The maximum Gasteiger partial charge on any atom is 0.120 e. The van der Waals surface area contributed by atoms with Gasteiger partial charge in [0.05, 0.1) is 19.2 Å². The van der Waals surface area contributed by atoms with E-state index in [0.29, 0.717) is 6.10 Å². The van der Waals surface area contributed by atoms with E-state index in [1.54, 1.807) is 0 Å². The van der Waals surface area contributed by atoms with Gasteiger partial charge in [-0.05, 0) is 50.9 Å². The second kappa shape index (κ2) is 8.57. The van der Waals surface area contributed by atoms with Gasteiger partial charge in [0.1, 0.15) is 11.5 Å². The molecule has 0 aliphatic carbocycles. The topological polar surface area (TPSA) is 37.6 Å². The van der Waals surface area contributed by atoms with E-state index >= 15 is 0 Å². The van der Waals surface area contributed by atoms with Crippen molar-refractivity contribution in [2.75, 3.05) is 26.2 Å². The summed E-state index contributed by atoms with van der Waals surface area (Å²) in [5.74, 6) is 2.15. The average molecular weight is 294 g/mol. The van der Waals surface area contributed by atoms with Crippen molar-refractivity contribution in [3.05, 3.63) is 23.2 Å². The molecule has 1 aromatic rings. The van der Waals surface area contributed by atoms with Gasteiger partial charge in [0.25, 0.3) is 0 Å². The van der Waals surface area contributed by atoms with Crippen LogP contribution in [0.2, 0.25) is 0 Å². The first-order valence-corrected chi connectivity index (χ1v) is 8.35. The van der Waals surface area contributed by atoms with Gasteiger partial charge < -0.3 is 14.5 Å². The molecule has 0 spiro atoms. The lowest BCUT2D eigenvalue weighted by Gasteiger charge is -2.32. The molecule has 1 aromatic heterocycles. The lowest BCUT2D eigenvalue weighted by Crippen LogP contribution is -2.39. The van der Waals surface area contributed by atoms with Gasteiger partial charge in [0, 0.05) is 13.2 Å². The van der Waals surface area contributed by atoms with Gasteiger partial charge in [0.2, 0.25) is 0 Å². The third kappa shape index (κ3) is 5.13.